The van der Waals surface area contributed by atoms with E-state index in [2.05, 4.69) is 9.97 Å². The van der Waals surface area contributed by atoms with E-state index in [4.69, 9.17) is 9.15 Å². The van der Waals surface area contributed by atoms with Crippen molar-refractivity contribution in [2.24, 2.45) is 0 Å². The second-order valence-electron chi connectivity index (χ2n) is 4.86. The molecule has 0 aromatic carbocycles. The maximum Gasteiger partial charge on any atom is 0.340 e. The Labute approximate surface area is 132 Å². The number of nitrogens with zero attached hydrogens (tertiary/aromatic N) is 1. The van der Waals surface area contributed by atoms with Gasteiger partial charge in [-0.05, 0) is 38.5 Å². The van der Waals surface area contributed by atoms with Crippen molar-refractivity contribution in [2.75, 3.05) is 6.61 Å². The summed E-state index contributed by atoms with van der Waals surface area (Å²) in [7, 11) is 0. The number of esters is 1. The quantitative estimate of drug-likeness (QED) is 0.733. The summed E-state index contributed by atoms with van der Waals surface area (Å²) in [4.78, 5) is 19.9. The molecule has 0 bridgehead atoms. The normalized spacial score (nSPS) is 10.9. The Morgan fingerprint density at radius 1 is 1.45 bits per heavy atom. The van der Waals surface area contributed by atoms with E-state index >= 15 is 0 Å². The van der Waals surface area contributed by atoms with Crippen LogP contribution in [0, 0.1) is 13.8 Å². The van der Waals surface area contributed by atoms with Crippen LogP contribution in [0.2, 0.25) is 0 Å². The van der Waals surface area contributed by atoms with Gasteiger partial charge in [0.2, 0.25) is 0 Å². The summed E-state index contributed by atoms with van der Waals surface area (Å²) < 4.78 is 10.5. The van der Waals surface area contributed by atoms with Crippen molar-refractivity contribution < 1.29 is 13.9 Å². The van der Waals surface area contributed by atoms with Crippen LogP contribution < -0.4 is 0 Å². The van der Waals surface area contributed by atoms with Crippen molar-refractivity contribution in [1.29, 1.82) is 0 Å². The molecule has 0 atom stereocenters. The number of aryl methyl sites for hydroxylation is 1. The van der Waals surface area contributed by atoms with Crippen LogP contribution >= 0.6 is 11.3 Å². The molecular weight excluding hydrogens is 300 g/mol. The topological polar surface area (TPSA) is 68.1 Å². The van der Waals surface area contributed by atoms with Crippen molar-refractivity contribution in [3.05, 3.63) is 40.6 Å². The largest absolute Gasteiger partial charge is 0.462 e. The van der Waals surface area contributed by atoms with E-state index in [0.29, 0.717) is 12.2 Å². The summed E-state index contributed by atoms with van der Waals surface area (Å²) in [5.74, 6) is 0.435. The molecule has 0 unspecified atom stereocenters. The number of hydrogen-bond acceptors (Lipinski definition) is 5. The van der Waals surface area contributed by atoms with Crippen LogP contribution in [-0.2, 0) is 4.74 Å². The molecule has 0 radical (unpaired) electrons. The molecule has 0 aliphatic carbocycles. The number of H-pyrrole nitrogens is 1. The van der Waals surface area contributed by atoms with Gasteiger partial charge in [0.05, 0.1) is 29.8 Å². The van der Waals surface area contributed by atoms with Gasteiger partial charge in [0.15, 0.2) is 10.8 Å². The number of thiazole rings is 1. The lowest BCUT2D eigenvalue weighted by Gasteiger charge is -2.02. The molecule has 22 heavy (non-hydrogen) atoms. The molecule has 3 aromatic heterocycles. The van der Waals surface area contributed by atoms with Crippen LogP contribution in [0.5, 0.6) is 0 Å². The van der Waals surface area contributed by atoms with Crippen molar-refractivity contribution in [3.8, 4) is 22.2 Å². The number of hydrogen-bond donors (Lipinski definition) is 1. The minimum atomic E-state index is -0.304. The lowest BCUT2D eigenvalue weighted by atomic mass is 10.1. The molecule has 3 heterocycles. The first-order valence-corrected chi connectivity index (χ1v) is 7.85. The Morgan fingerprint density at radius 2 is 2.27 bits per heavy atom. The number of ether oxygens (including phenoxy) is 1. The Hall–Kier alpha value is -2.34. The van der Waals surface area contributed by atoms with Crippen molar-refractivity contribution in [3.63, 3.8) is 0 Å². The number of rotatable bonds is 4. The summed E-state index contributed by atoms with van der Waals surface area (Å²) >= 11 is 1.50. The molecule has 3 rings (SSSR count). The molecule has 6 heteroatoms. The summed E-state index contributed by atoms with van der Waals surface area (Å²) in [6.45, 7) is 5.92. The van der Waals surface area contributed by atoms with E-state index in [-0.39, 0.29) is 5.97 Å². The molecule has 0 fully saturated rings. The number of carbonyl (C=O) groups excluding carboxylic acids is 1. The molecule has 5 nitrogen and oxygen atoms in total. The van der Waals surface area contributed by atoms with E-state index in [1.807, 2.05) is 31.4 Å². The Bertz CT molecular complexity index is 800. The summed E-state index contributed by atoms with van der Waals surface area (Å²) in [5, 5.41) is 2.76. The molecule has 1 N–H and O–H groups in total. The lowest BCUT2D eigenvalue weighted by Crippen LogP contribution is -2.06. The van der Waals surface area contributed by atoms with Crippen LogP contribution in [0.1, 0.15) is 28.5 Å². The third-order valence-corrected chi connectivity index (χ3v) is 4.27. The number of aromatic amines is 1. The highest BCUT2D eigenvalue weighted by Crippen LogP contribution is 2.32. The van der Waals surface area contributed by atoms with Crippen LogP contribution in [0.15, 0.2) is 28.2 Å². The van der Waals surface area contributed by atoms with Gasteiger partial charge in [-0.25, -0.2) is 9.78 Å². The van der Waals surface area contributed by atoms with Crippen molar-refractivity contribution >= 4 is 17.3 Å². The van der Waals surface area contributed by atoms with E-state index in [1.165, 1.54) is 11.3 Å². The summed E-state index contributed by atoms with van der Waals surface area (Å²) in [5.41, 5.74) is 3.87. The van der Waals surface area contributed by atoms with Crippen LogP contribution in [0.4, 0.5) is 0 Å². The third kappa shape index (κ3) is 2.46. The molecular formula is C16H16N2O3S. The van der Waals surface area contributed by atoms with Gasteiger partial charge in [0.1, 0.15) is 0 Å². The highest BCUT2D eigenvalue weighted by atomic mass is 32.1. The molecule has 0 amide bonds. The fraction of sp³-hybridized carbons (Fsp3) is 0.250. The highest BCUT2D eigenvalue weighted by Gasteiger charge is 2.21. The zero-order chi connectivity index (χ0) is 15.7. The Balaban J connectivity index is 1.99. The maximum absolute atomic E-state index is 12.0. The maximum atomic E-state index is 12.0. The zero-order valence-corrected chi connectivity index (χ0v) is 13.4. The molecule has 0 saturated heterocycles. The molecule has 0 saturated carbocycles. The Morgan fingerprint density at radius 3 is 2.95 bits per heavy atom. The first-order valence-electron chi connectivity index (χ1n) is 6.97. The smallest absolute Gasteiger partial charge is 0.340 e. The minimum absolute atomic E-state index is 0.304. The van der Waals surface area contributed by atoms with Crippen LogP contribution in [0.3, 0.4) is 0 Å². The van der Waals surface area contributed by atoms with Crippen molar-refractivity contribution in [2.45, 2.75) is 20.8 Å². The predicted octanol–water partition coefficient (Wildman–Crippen LogP) is 4.19. The SMILES string of the molecule is CCOC(=O)c1c(C)[nH]c(-c2csc(-c3ccco3)n2)c1C. The summed E-state index contributed by atoms with van der Waals surface area (Å²) in [6, 6.07) is 3.71. The number of nitrogens with one attached hydrogen (secondary N) is 1. The molecule has 0 spiro atoms. The van der Waals surface area contributed by atoms with E-state index in [9.17, 15) is 4.79 Å². The first-order chi connectivity index (χ1) is 10.6. The van der Waals surface area contributed by atoms with Crippen LogP contribution in [-0.4, -0.2) is 22.5 Å². The molecule has 0 aliphatic rings. The highest BCUT2D eigenvalue weighted by molar-refractivity contribution is 7.13. The number of carbonyl (C=O) groups is 1. The molecule has 3 aromatic rings. The predicted molar refractivity (Wildman–Crippen MR) is 85.0 cm³/mol. The van der Waals surface area contributed by atoms with E-state index in [1.54, 1.807) is 13.2 Å². The van der Waals surface area contributed by atoms with Crippen LogP contribution in [0.25, 0.3) is 22.2 Å². The van der Waals surface area contributed by atoms with Gasteiger partial charge < -0.3 is 14.1 Å². The van der Waals surface area contributed by atoms with Gasteiger partial charge in [0.25, 0.3) is 0 Å². The average molecular weight is 316 g/mol. The van der Waals surface area contributed by atoms with E-state index in [0.717, 1.165) is 33.4 Å². The van der Waals surface area contributed by atoms with Gasteiger partial charge in [-0.2, -0.15) is 0 Å². The first kappa shape index (κ1) is 14.6. The minimum Gasteiger partial charge on any atom is -0.462 e. The monoisotopic (exact) mass is 316 g/mol. The second-order valence-corrected chi connectivity index (χ2v) is 5.72. The second kappa shape index (κ2) is 5.81. The van der Waals surface area contributed by atoms with Gasteiger partial charge in [0, 0.05) is 11.1 Å². The average Bonchev–Trinajstić information content (AvgIpc) is 3.18. The van der Waals surface area contributed by atoms with Gasteiger partial charge in [-0.1, -0.05) is 0 Å². The fourth-order valence-electron chi connectivity index (χ4n) is 2.42. The Kier molecular flexibility index (Phi) is 3.85. The van der Waals surface area contributed by atoms with E-state index < -0.39 is 0 Å². The number of furan rings is 1. The van der Waals surface area contributed by atoms with Gasteiger partial charge in [-0.15, -0.1) is 11.3 Å². The van der Waals surface area contributed by atoms with Gasteiger partial charge in [-0.3, -0.25) is 0 Å². The molecule has 114 valence electrons. The lowest BCUT2D eigenvalue weighted by molar-refractivity contribution is 0.0525. The standard InChI is InChI=1S/C16H16N2O3S/c1-4-20-16(19)13-9(2)14(17-10(13)3)11-8-22-15(18-11)12-6-5-7-21-12/h5-8,17H,4H2,1-3H3. The zero-order valence-electron chi connectivity index (χ0n) is 12.6. The third-order valence-electron chi connectivity index (χ3n) is 3.41. The fourth-order valence-corrected chi connectivity index (χ4v) is 3.19. The number of aromatic nitrogens is 2. The summed E-state index contributed by atoms with van der Waals surface area (Å²) in [6.07, 6.45) is 1.62. The molecule has 0 aliphatic heterocycles. The van der Waals surface area contributed by atoms with Gasteiger partial charge >= 0.3 is 5.97 Å². The van der Waals surface area contributed by atoms with Crippen molar-refractivity contribution in [1.82, 2.24) is 9.97 Å².